The first kappa shape index (κ1) is 34.1. The summed E-state index contributed by atoms with van der Waals surface area (Å²) in [5.74, 6) is -1.59. The van der Waals surface area contributed by atoms with Gasteiger partial charge in [-0.25, -0.2) is 15.0 Å². The number of likely N-dealkylation sites (tertiary alicyclic amines) is 1. The number of amides is 3. The van der Waals surface area contributed by atoms with E-state index in [2.05, 4.69) is 46.6 Å². The van der Waals surface area contributed by atoms with Gasteiger partial charge in [0.15, 0.2) is 5.78 Å². The second-order valence-corrected chi connectivity index (χ2v) is 13.5. The maximum absolute atomic E-state index is 14.2. The third kappa shape index (κ3) is 6.91. The van der Waals surface area contributed by atoms with Crippen LogP contribution >= 0.6 is 15.9 Å². The van der Waals surface area contributed by atoms with Crippen LogP contribution in [0, 0.1) is 26.2 Å². The van der Waals surface area contributed by atoms with Gasteiger partial charge in [-0.15, -0.1) is 0 Å². The largest absolute Gasteiger partial charge is 0.397 e. The zero-order chi connectivity index (χ0) is 35.4. The van der Waals surface area contributed by atoms with Crippen molar-refractivity contribution < 1.29 is 32.3 Å². The molecule has 16 heteroatoms. The number of rotatable bonds is 9. The van der Waals surface area contributed by atoms with Crippen molar-refractivity contribution in [2.45, 2.75) is 71.8 Å². The third-order valence-electron chi connectivity index (χ3n) is 9.08. The van der Waals surface area contributed by atoms with Gasteiger partial charge >= 0.3 is 6.18 Å². The van der Waals surface area contributed by atoms with Crippen molar-refractivity contribution in [3.63, 3.8) is 0 Å². The molecule has 12 nitrogen and oxygen atoms in total. The summed E-state index contributed by atoms with van der Waals surface area (Å²) in [6.07, 6.45) is -2.42. The minimum Gasteiger partial charge on any atom is -0.355 e. The molecule has 1 aliphatic heterocycles. The molecule has 256 valence electrons. The molecule has 1 aliphatic carbocycles. The number of Topliss-reactive ketones (excluding diaryl/α,β-unsaturated/α-hetero) is 1. The number of aromatic nitrogens is 5. The van der Waals surface area contributed by atoms with Crippen LogP contribution in [0.5, 0.6) is 0 Å². The van der Waals surface area contributed by atoms with E-state index in [-0.39, 0.29) is 36.8 Å². The van der Waals surface area contributed by atoms with Crippen LogP contribution < -0.4 is 10.6 Å². The van der Waals surface area contributed by atoms with Crippen molar-refractivity contribution in [1.82, 2.24) is 34.9 Å². The van der Waals surface area contributed by atoms with E-state index in [0.29, 0.717) is 33.3 Å². The first-order valence-electron chi connectivity index (χ1n) is 15.4. The number of nitrogens with zero attached hydrogens (tertiary/aromatic N) is 6. The Labute approximate surface area is 287 Å². The number of halogens is 4. The molecule has 2 aliphatic rings. The van der Waals surface area contributed by atoms with E-state index < -0.39 is 47.8 Å². The number of nitrogens with one attached hydrogen (secondary N) is 2. The standard InChI is InChI=1S/C33H32BrF3N8O4/c1-16-5-6-25(34)41-30(16)42-31(49)23-9-32(15-40-26(47)11-33(35,36)37)10-24(32)45(23)27(48)14-44-29-17(2)7-20(21-12-38-19(4)39-13-21)8-22(29)28(43-44)18(3)46/h5-8,12-13,23-24H,9-11,14-15H2,1-4H3,(H,40,47)(H,41,42,49)/t23-,24?,32-/m0/s1. The Hall–Kier alpha value is -4.73. The number of anilines is 1. The molecule has 0 radical (unpaired) electrons. The number of carbonyl (C=O) groups is 4. The van der Waals surface area contributed by atoms with Crippen molar-refractivity contribution in [2.75, 3.05) is 11.9 Å². The molecule has 3 aromatic heterocycles. The summed E-state index contributed by atoms with van der Waals surface area (Å²) in [4.78, 5) is 67.0. The van der Waals surface area contributed by atoms with Crippen molar-refractivity contribution in [1.29, 1.82) is 0 Å². The van der Waals surface area contributed by atoms with E-state index >= 15 is 0 Å². The lowest BCUT2D eigenvalue weighted by molar-refractivity contribution is -0.153. The van der Waals surface area contributed by atoms with E-state index in [1.165, 1.54) is 16.5 Å². The zero-order valence-electron chi connectivity index (χ0n) is 27.0. The molecule has 1 unspecified atom stereocenters. The molecule has 1 saturated heterocycles. The predicted molar refractivity (Wildman–Crippen MR) is 175 cm³/mol. The quantitative estimate of drug-likeness (QED) is 0.183. The zero-order valence-corrected chi connectivity index (χ0v) is 28.6. The maximum atomic E-state index is 14.2. The summed E-state index contributed by atoms with van der Waals surface area (Å²) >= 11 is 3.29. The Balaban J connectivity index is 1.31. The number of piperidine rings is 1. The summed E-state index contributed by atoms with van der Waals surface area (Å²) in [6.45, 7) is 6.31. The molecule has 49 heavy (non-hydrogen) atoms. The predicted octanol–water partition coefficient (Wildman–Crippen LogP) is 4.85. The summed E-state index contributed by atoms with van der Waals surface area (Å²) < 4.78 is 40.4. The van der Waals surface area contributed by atoms with Crippen molar-refractivity contribution in [2.24, 2.45) is 5.41 Å². The fraction of sp³-hybridized carbons (Fsp3) is 0.394. The molecule has 2 N–H and O–H groups in total. The van der Waals surface area contributed by atoms with Gasteiger partial charge in [-0.1, -0.05) is 6.07 Å². The van der Waals surface area contributed by atoms with Crippen LogP contribution in [0.2, 0.25) is 0 Å². The second kappa shape index (κ2) is 12.6. The van der Waals surface area contributed by atoms with E-state index in [0.717, 1.165) is 16.7 Å². The summed E-state index contributed by atoms with van der Waals surface area (Å²) in [5.41, 5.74) is 2.87. The molecule has 3 atom stereocenters. The average Bonchev–Trinajstić information content (AvgIpc) is 3.42. The highest BCUT2D eigenvalue weighted by Crippen LogP contribution is 2.59. The van der Waals surface area contributed by atoms with Crippen LogP contribution in [0.3, 0.4) is 0 Å². The van der Waals surface area contributed by atoms with Crippen LogP contribution in [-0.4, -0.2) is 77.9 Å². The highest BCUT2D eigenvalue weighted by atomic mass is 79.9. The Bertz CT molecular complexity index is 2020. The molecule has 0 bridgehead atoms. The molecular weight excluding hydrogens is 709 g/mol. The summed E-state index contributed by atoms with van der Waals surface area (Å²) in [5, 5.41) is 10.2. The number of hydrogen-bond donors (Lipinski definition) is 2. The van der Waals surface area contributed by atoms with Gasteiger partial charge in [0.05, 0.1) is 5.52 Å². The molecule has 3 amide bonds. The molecule has 1 saturated carbocycles. The fourth-order valence-electron chi connectivity index (χ4n) is 6.64. The number of fused-ring (bicyclic) bond motifs is 2. The van der Waals surface area contributed by atoms with Gasteiger partial charge in [0, 0.05) is 48.3 Å². The topological polar surface area (TPSA) is 152 Å². The Kier molecular flexibility index (Phi) is 8.79. The monoisotopic (exact) mass is 740 g/mol. The van der Waals surface area contributed by atoms with Gasteiger partial charge in [-0.3, -0.25) is 23.9 Å². The number of benzene rings is 1. The van der Waals surface area contributed by atoms with Crippen molar-refractivity contribution in [3.8, 4) is 11.1 Å². The van der Waals surface area contributed by atoms with Crippen LogP contribution in [-0.2, 0) is 20.9 Å². The Morgan fingerprint density at radius 3 is 2.41 bits per heavy atom. The van der Waals surface area contributed by atoms with Gasteiger partial charge in [-0.2, -0.15) is 18.3 Å². The van der Waals surface area contributed by atoms with Crippen LogP contribution in [0.4, 0.5) is 19.0 Å². The lowest BCUT2D eigenvalue weighted by Crippen LogP contribution is -2.47. The maximum Gasteiger partial charge on any atom is 0.397 e. The van der Waals surface area contributed by atoms with Gasteiger partial charge in [0.2, 0.25) is 17.7 Å². The number of ketones is 1. The number of carbonyl (C=O) groups excluding carboxylic acids is 4. The molecule has 1 aromatic carbocycles. The van der Waals surface area contributed by atoms with Crippen LogP contribution in [0.25, 0.3) is 22.0 Å². The molecule has 2 fully saturated rings. The van der Waals surface area contributed by atoms with Crippen LogP contribution in [0.15, 0.2) is 41.3 Å². The van der Waals surface area contributed by atoms with Crippen molar-refractivity contribution >= 4 is 56.2 Å². The van der Waals surface area contributed by atoms with Crippen LogP contribution in [0.1, 0.15) is 53.6 Å². The SMILES string of the molecule is CC(=O)c1nn(CC(=O)N2C3C[C@]3(CNC(=O)CC(F)(F)F)C[C@H]2C(=O)Nc2nc(Br)ccc2C)c2c(C)cc(-c3cnc(C)nc3)cc12. The summed E-state index contributed by atoms with van der Waals surface area (Å²) in [7, 11) is 0. The molecule has 6 rings (SSSR count). The first-order valence-corrected chi connectivity index (χ1v) is 16.2. The number of alkyl halides is 3. The third-order valence-corrected chi connectivity index (χ3v) is 9.52. The van der Waals surface area contributed by atoms with Gasteiger partial charge < -0.3 is 15.5 Å². The Morgan fingerprint density at radius 2 is 1.73 bits per heavy atom. The van der Waals surface area contributed by atoms with E-state index in [9.17, 15) is 32.3 Å². The smallest absolute Gasteiger partial charge is 0.355 e. The Morgan fingerprint density at radius 1 is 1.02 bits per heavy atom. The number of hydrogen-bond acceptors (Lipinski definition) is 8. The molecular formula is C33H32BrF3N8O4. The highest BCUT2D eigenvalue weighted by Gasteiger charge is 2.67. The van der Waals surface area contributed by atoms with Gasteiger partial charge in [-0.05, 0) is 84.4 Å². The fourth-order valence-corrected chi connectivity index (χ4v) is 6.95. The average molecular weight is 742 g/mol. The van der Waals surface area contributed by atoms with E-state index in [1.54, 1.807) is 44.4 Å². The highest BCUT2D eigenvalue weighted by molar-refractivity contribution is 9.10. The lowest BCUT2D eigenvalue weighted by atomic mass is 9.98. The lowest BCUT2D eigenvalue weighted by Gasteiger charge is -2.27. The molecule has 0 spiro atoms. The minimum absolute atomic E-state index is 0.119. The minimum atomic E-state index is -4.67. The molecule has 4 heterocycles. The number of aryl methyl sites for hydroxylation is 3. The van der Waals surface area contributed by atoms with E-state index in [1.807, 2.05) is 13.0 Å². The van der Waals surface area contributed by atoms with Gasteiger partial charge in [0.25, 0.3) is 0 Å². The first-order chi connectivity index (χ1) is 23.0. The van der Waals surface area contributed by atoms with E-state index in [4.69, 9.17) is 0 Å². The second-order valence-electron chi connectivity index (χ2n) is 12.7. The number of pyridine rings is 1. The summed E-state index contributed by atoms with van der Waals surface area (Å²) in [6, 6.07) is 5.65. The van der Waals surface area contributed by atoms with Crippen molar-refractivity contribution in [3.05, 3.63) is 63.9 Å². The normalized spacial score (nSPS) is 19.9. The van der Waals surface area contributed by atoms with Gasteiger partial charge in [0.1, 0.15) is 40.9 Å². The molecule has 4 aromatic rings.